The number of amides is 1. The van der Waals surface area contributed by atoms with E-state index in [9.17, 15) is 9.59 Å². The van der Waals surface area contributed by atoms with Crippen molar-refractivity contribution in [3.05, 3.63) is 74.8 Å². The van der Waals surface area contributed by atoms with Crippen molar-refractivity contribution in [3.8, 4) is 5.69 Å². The summed E-state index contributed by atoms with van der Waals surface area (Å²) in [6, 6.07) is 12.2. The maximum absolute atomic E-state index is 13.7. The zero-order valence-corrected chi connectivity index (χ0v) is 20.1. The van der Waals surface area contributed by atoms with Crippen molar-refractivity contribution in [2.75, 3.05) is 30.1 Å². The van der Waals surface area contributed by atoms with Gasteiger partial charge in [-0.15, -0.1) is 0 Å². The van der Waals surface area contributed by atoms with Gasteiger partial charge in [-0.1, -0.05) is 29.8 Å². The molecule has 35 heavy (non-hydrogen) atoms. The number of nitrogens with two attached hydrogens (primary N) is 1. The topological polar surface area (TPSA) is 131 Å². The van der Waals surface area contributed by atoms with Crippen LogP contribution in [0.5, 0.6) is 0 Å². The highest BCUT2D eigenvalue weighted by Gasteiger charge is 2.29. The highest BCUT2D eigenvalue weighted by atomic mass is 35.5. The molecule has 3 heterocycles. The number of nitrogens with one attached hydrogen (secondary N) is 2. The summed E-state index contributed by atoms with van der Waals surface area (Å²) in [5.74, 6) is 0.788. The lowest BCUT2D eigenvalue weighted by molar-refractivity contribution is 0.0796. The molecule has 4 N–H and O–H groups in total. The second-order valence-electron chi connectivity index (χ2n) is 8.44. The Bertz CT molecular complexity index is 1550. The number of carbonyl (C=O) groups excluding carboxylic acids is 1. The van der Waals surface area contributed by atoms with Gasteiger partial charge in [-0.25, -0.2) is 4.98 Å². The van der Waals surface area contributed by atoms with E-state index in [1.54, 1.807) is 25.2 Å². The average Bonchev–Trinajstić information content (AvgIpc) is 2.81. The Kier molecular flexibility index (Phi) is 5.52. The first-order valence-corrected chi connectivity index (χ1v) is 11.3. The first-order chi connectivity index (χ1) is 16.7. The van der Waals surface area contributed by atoms with Gasteiger partial charge in [-0.3, -0.25) is 14.2 Å². The van der Waals surface area contributed by atoms with E-state index in [0.29, 0.717) is 39.9 Å². The Morgan fingerprint density at radius 3 is 2.69 bits per heavy atom. The van der Waals surface area contributed by atoms with Crippen LogP contribution in [0.2, 0.25) is 5.02 Å². The molecule has 11 heteroatoms. The SMILES string of the molecule is Cc1cccc(-n2c([C@H](C)Nc3nc(N)nc4c3C(=O)N(C)CN4)nc3cccc(Cl)c3c2=O)c1. The predicted octanol–water partition coefficient (Wildman–Crippen LogP) is 3.35. The monoisotopic (exact) mass is 490 g/mol. The summed E-state index contributed by atoms with van der Waals surface area (Å²) < 4.78 is 1.53. The molecule has 1 atom stereocenters. The maximum Gasteiger partial charge on any atom is 0.267 e. The molecule has 10 nitrogen and oxygen atoms in total. The summed E-state index contributed by atoms with van der Waals surface area (Å²) in [6.45, 7) is 4.08. The molecule has 0 saturated carbocycles. The Labute approximate surface area is 205 Å². The smallest absolute Gasteiger partial charge is 0.267 e. The van der Waals surface area contributed by atoms with Crippen LogP contribution >= 0.6 is 11.6 Å². The minimum atomic E-state index is -0.551. The van der Waals surface area contributed by atoms with Crippen LogP contribution in [0.1, 0.15) is 34.7 Å². The number of nitrogens with zero attached hydrogens (tertiary/aromatic N) is 5. The third kappa shape index (κ3) is 3.91. The molecule has 2 aromatic heterocycles. The van der Waals surface area contributed by atoms with E-state index in [4.69, 9.17) is 22.3 Å². The molecule has 4 aromatic rings. The molecule has 2 aromatic carbocycles. The lowest BCUT2D eigenvalue weighted by atomic mass is 10.1. The number of rotatable bonds is 4. The number of aromatic nitrogens is 4. The van der Waals surface area contributed by atoms with Crippen molar-refractivity contribution in [2.24, 2.45) is 0 Å². The second-order valence-corrected chi connectivity index (χ2v) is 8.85. The maximum atomic E-state index is 13.7. The standard InChI is InChI=1S/C24H23ClN8O2/c1-12-6-4-7-14(10-12)33-21(29-16-9-5-8-15(25)17(16)23(33)35)13(2)28-20-18-19(30-24(26)31-20)27-11-32(3)22(18)34/h4-10,13H,11H2,1-3H3,(H4,26,27,28,30,31)/t13-/m0/s1. The summed E-state index contributed by atoms with van der Waals surface area (Å²) in [5.41, 5.74) is 7.99. The van der Waals surface area contributed by atoms with E-state index in [0.717, 1.165) is 5.56 Å². The predicted molar refractivity (Wildman–Crippen MR) is 136 cm³/mol. The molecule has 1 amide bonds. The van der Waals surface area contributed by atoms with Crippen LogP contribution in [0.15, 0.2) is 47.3 Å². The van der Waals surface area contributed by atoms with Crippen molar-refractivity contribution in [1.29, 1.82) is 0 Å². The van der Waals surface area contributed by atoms with E-state index in [1.807, 2.05) is 38.1 Å². The van der Waals surface area contributed by atoms with Gasteiger partial charge >= 0.3 is 0 Å². The van der Waals surface area contributed by atoms with Gasteiger partial charge in [-0.2, -0.15) is 9.97 Å². The van der Waals surface area contributed by atoms with Crippen molar-refractivity contribution in [3.63, 3.8) is 0 Å². The molecule has 0 bridgehead atoms. The van der Waals surface area contributed by atoms with Gasteiger partial charge in [-0.05, 0) is 43.7 Å². The van der Waals surface area contributed by atoms with Crippen LogP contribution in [0.25, 0.3) is 16.6 Å². The molecule has 0 saturated heterocycles. The van der Waals surface area contributed by atoms with E-state index in [1.165, 1.54) is 9.47 Å². The van der Waals surface area contributed by atoms with Crippen molar-refractivity contribution >= 4 is 46.0 Å². The molecule has 0 radical (unpaired) electrons. The summed E-state index contributed by atoms with van der Waals surface area (Å²) >= 11 is 6.39. The number of hydrogen-bond donors (Lipinski definition) is 3. The van der Waals surface area contributed by atoms with Gasteiger partial charge in [0.05, 0.1) is 34.3 Å². The number of benzene rings is 2. The van der Waals surface area contributed by atoms with E-state index in [-0.39, 0.29) is 28.8 Å². The quantitative estimate of drug-likeness (QED) is 0.397. The first-order valence-electron chi connectivity index (χ1n) is 11.0. The van der Waals surface area contributed by atoms with Gasteiger partial charge in [0.15, 0.2) is 0 Å². The number of aryl methyl sites for hydroxylation is 1. The lowest BCUT2D eigenvalue weighted by Gasteiger charge is -2.28. The van der Waals surface area contributed by atoms with E-state index in [2.05, 4.69) is 20.6 Å². The molecule has 0 unspecified atom stereocenters. The number of anilines is 3. The fourth-order valence-corrected chi connectivity index (χ4v) is 4.40. The third-order valence-corrected chi connectivity index (χ3v) is 6.16. The van der Waals surface area contributed by atoms with Crippen LogP contribution in [-0.2, 0) is 0 Å². The normalized spacial score (nSPS) is 13.9. The number of halogens is 1. The average molecular weight is 491 g/mol. The number of nitrogen functional groups attached to an aromatic ring is 1. The van der Waals surface area contributed by atoms with Crippen LogP contribution in [0.3, 0.4) is 0 Å². The summed E-state index contributed by atoms with van der Waals surface area (Å²) in [5, 5.41) is 6.96. The Hall–Kier alpha value is -4.18. The van der Waals surface area contributed by atoms with Crippen LogP contribution in [0, 0.1) is 6.92 Å². The minimum Gasteiger partial charge on any atom is -0.368 e. The first kappa shape index (κ1) is 22.6. The van der Waals surface area contributed by atoms with E-state index >= 15 is 0 Å². The van der Waals surface area contributed by atoms with Crippen LogP contribution < -0.4 is 21.9 Å². The Balaban J connectivity index is 1.70. The largest absolute Gasteiger partial charge is 0.368 e. The van der Waals surface area contributed by atoms with Gasteiger partial charge < -0.3 is 21.3 Å². The molecular weight excluding hydrogens is 468 g/mol. The third-order valence-electron chi connectivity index (χ3n) is 5.84. The number of hydrogen-bond acceptors (Lipinski definition) is 8. The summed E-state index contributed by atoms with van der Waals surface area (Å²) in [6.07, 6.45) is 0. The summed E-state index contributed by atoms with van der Waals surface area (Å²) in [7, 11) is 1.67. The Morgan fingerprint density at radius 1 is 1.14 bits per heavy atom. The molecule has 0 aliphatic carbocycles. The molecular formula is C24H23ClN8O2. The second kappa shape index (κ2) is 8.55. The van der Waals surface area contributed by atoms with Gasteiger partial charge in [0.25, 0.3) is 11.5 Å². The molecule has 1 aliphatic rings. The zero-order valence-electron chi connectivity index (χ0n) is 19.3. The van der Waals surface area contributed by atoms with E-state index < -0.39 is 6.04 Å². The highest BCUT2D eigenvalue weighted by molar-refractivity contribution is 6.35. The number of fused-ring (bicyclic) bond motifs is 2. The molecule has 1 aliphatic heterocycles. The molecule has 5 rings (SSSR count). The van der Waals surface area contributed by atoms with Crippen LogP contribution in [0.4, 0.5) is 17.6 Å². The lowest BCUT2D eigenvalue weighted by Crippen LogP contribution is -2.38. The van der Waals surface area contributed by atoms with Gasteiger partial charge in [0, 0.05) is 7.05 Å². The fourth-order valence-electron chi connectivity index (χ4n) is 4.15. The van der Waals surface area contributed by atoms with Crippen molar-refractivity contribution < 1.29 is 4.79 Å². The molecule has 0 spiro atoms. The Morgan fingerprint density at radius 2 is 1.91 bits per heavy atom. The minimum absolute atomic E-state index is 0.0117. The zero-order chi connectivity index (χ0) is 24.9. The van der Waals surface area contributed by atoms with Gasteiger partial charge in [0.2, 0.25) is 5.95 Å². The van der Waals surface area contributed by atoms with Gasteiger partial charge in [0.1, 0.15) is 23.0 Å². The summed E-state index contributed by atoms with van der Waals surface area (Å²) in [4.78, 5) is 41.4. The van der Waals surface area contributed by atoms with Crippen molar-refractivity contribution in [1.82, 2.24) is 24.4 Å². The van der Waals surface area contributed by atoms with Crippen LogP contribution in [-0.4, -0.2) is 44.0 Å². The fraction of sp³-hybridized carbons (Fsp3) is 0.208. The molecule has 178 valence electrons. The highest BCUT2D eigenvalue weighted by Crippen LogP contribution is 2.30. The number of carbonyl (C=O) groups is 1. The molecule has 0 fully saturated rings. The van der Waals surface area contributed by atoms with Crippen molar-refractivity contribution in [2.45, 2.75) is 19.9 Å².